The number of hydrogen-bond donors (Lipinski definition) is 1. The van der Waals surface area contributed by atoms with Crippen LogP contribution < -0.4 is 5.32 Å². The number of amides is 2. The molecule has 2 amide bonds. The third-order valence-corrected chi connectivity index (χ3v) is 7.39. The maximum Gasteiger partial charge on any atom is 0.243 e. The van der Waals surface area contributed by atoms with Crippen molar-refractivity contribution in [3.63, 3.8) is 0 Å². The van der Waals surface area contributed by atoms with Gasteiger partial charge in [-0.05, 0) is 48.9 Å². The molecule has 0 unspecified atom stereocenters. The van der Waals surface area contributed by atoms with Crippen molar-refractivity contribution >= 4 is 23.4 Å². The van der Waals surface area contributed by atoms with Crippen molar-refractivity contribution in [2.45, 2.75) is 70.5 Å². The number of halogens is 1. The summed E-state index contributed by atoms with van der Waals surface area (Å²) in [6.45, 7) is 2.35. The first-order valence-electron chi connectivity index (χ1n) is 12.9. The second-order valence-corrected chi connectivity index (χ2v) is 10.2. The lowest BCUT2D eigenvalue weighted by atomic mass is 10.0. The molecule has 4 rings (SSSR count). The second kappa shape index (κ2) is 12.7. The van der Waals surface area contributed by atoms with Crippen molar-refractivity contribution in [1.82, 2.24) is 10.2 Å². The fourth-order valence-corrected chi connectivity index (χ4v) is 5.08. The third kappa shape index (κ3) is 7.20. The van der Waals surface area contributed by atoms with Gasteiger partial charge in [-0.15, -0.1) is 0 Å². The monoisotopic (exact) mass is 502 g/mol. The molecule has 1 saturated carbocycles. The number of nitrogens with zero attached hydrogens (tertiary/aromatic N) is 1. The minimum atomic E-state index is -0.616. The Morgan fingerprint density at radius 2 is 1.58 bits per heavy atom. The number of aryl methyl sites for hydroxylation is 2. The van der Waals surface area contributed by atoms with Gasteiger partial charge in [-0.3, -0.25) is 9.59 Å². The molecule has 0 aromatic heterocycles. The minimum absolute atomic E-state index is 0.0435. The molecule has 4 nitrogen and oxygen atoms in total. The molecular weight excluding hydrogens is 468 g/mol. The molecule has 5 heteroatoms. The van der Waals surface area contributed by atoms with Gasteiger partial charge in [0.25, 0.3) is 0 Å². The summed E-state index contributed by atoms with van der Waals surface area (Å²) in [6.07, 6.45) is 5.67. The molecule has 0 radical (unpaired) electrons. The van der Waals surface area contributed by atoms with E-state index in [-0.39, 0.29) is 17.9 Å². The zero-order chi connectivity index (χ0) is 25.3. The van der Waals surface area contributed by atoms with Gasteiger partial charge in [0.2, 0.25) is 11.8 Å². The Bertz CT molecular complexity index is 1140. The maximum absolute atomic E-state index is 13.8. The smallest absolute Gasteiger partial charge is 0.243 e. The van der Waals surface area contributed by atoms with Gasteiger partial charge in [0, 0.05) is 30.5 Å². The Kier molecular flexibility index (Phi) is 9.18. The van der Waals surface area contributed by atoms with Crippen LogP contribution in [0.25, 0.3) is 0 Å². The van der Waals surface area contributed by atoms with E-state index in [2.05, 4.69) is 36.5 Å². The zero-order valence-electron chi connectivity index (χ0n) is 21.0. The van der Waals surface area contributed by atoms with Crippen LogP contribution in [0.15, 0.2) is 78.9 Å². The standard InChI is InChI=1S/C31H35ClN2O2/c1-23-15-17-24(18-16-23)19-20-30(35)34(22-26-11-5-8-14-28(26)32)29(21-25-9-3-2-4-10-25)31(36)33-27-12-6-7-13-27/h2-5,8-11,14-18,27,29H,6-7,12-13,19-22H2,1H3,(H,33,36)/t29-/m0/s1. The molecule has 3 aromatic rings. The summed E-state index contributed by atoms with van der Waals surface area (Å²) in [6, 6.07) is 25.3. The predicted octanol–water partition coefficient (Wildman–Crippen LogP) is 6.28. The average Bonchev–Trinajstić information content (AvgIpc) is 3.40. The van der Waals surface area contributed by atoms with E-state index in [1.807, 2.05) is 54.6 Å². The van der Waals surface area contributed by atoms with Crippen LogP contribution >= 0.6 is 11.6 Å². The summed E-state index contributed by atoms with van der Waals surface area (Å²) in [5.74, 6) is -0.125. The molecule has 0 heterocycles. The minimum Gasteiger partial charge on any atom is -0.352 e. The van der Waals surface area contributed by atoms with E-state index in [4.69, 9.17) is 11.6 Å². The van der Waals surface area contributed by atoms with E-state index >= 15 is 0 Å². The van der Waals surface area contributed by atoms with Gasteiger partial charge in [-0.2, -0.15) is 0 Å². The Balaban J connectivity index is 1.61. The molecule has 36 heavy (non-hydrogen) atoms. The first-order chi connectivity index (χ1) is 17.5. The molecule has 0 bridgehead atoms. The molecule has 1 N–H and O–H groups in total. The van der Waals surface area contributed by atoms with Crippen molar-refractivity contribution in [2.75, 3.05) is 0 Å². The Morgan fingerprint density at radius 3 is 2.28 bits per heavy atom. The molecule has 0 saturated heterocycles. The highest BCUT2D eigenvalue weighted by Gasteiger charge is 2.32. The summed E-state index contributed by atoms with van der Waals surface area (Å²) in [7, 11) is 0. The summed E-state index contributed by atoms with van der Waals surface area (Å²) in [5.41, 5.74) is 4.17. The van der Waals surface area contributed by atoms with E-state index in [9.17, 15) is 9.59 Å². The quantitative estimate of drug-likeness (QED) is 0.354. The normalized spacial score (nSPS) is 14.4. The van der Waals surface area contributed by atoms with Crippen LogP contribution in [-0.2, 0) is 29.0 Å². The van der Waals surface area contributed by atoms with E-state index in [1.165, 1.54) is 5.56 Å². The number of rotatable bonds is 10. The van der Waals surface area contributed by atoms with Crippen molar-refractivity contribution in [2.24, 2.45) is 0 Å². The highest BCUT2D eigenvalue weighted by Crippen LogP contribution is 2.23. The lowest BCUT2D eigenvalue weighted by molar-refractivity contribution is -0.141. The lowest BCUT2D eigenvalue weighted by Crippen LogP contribution is -2.52. The summed E-state index contributed by atoms with van der Waals surface area (Å²) >= 11 is 6.50. The van der Waals surface area contributed by atoms with Gasteiger partial charge < -0.3 is 10.2 Å². The SMILES string of the molecule is Cc1ccc(CCC(=O)N(Cc2ccccc2Cl)[C@@H](Cc2ccccc2)C(=O)NC2CCCC2)cc1. The summed E-state index contributed by atoms with van der Waals surface area (Å²) in [5, 5.41) is 3.85. The lowest BCUT2D eigenvalue weighted by Gasteiger charge is -2.32. The van der Waals surface area contributed by atoms with Crippen molar-refractivity contribution < 1.29 is 9.59 Å². The number of carbonyl (C=O) groups excluding carboxylic acids is 2. The highest BCUT2D eigenvalue weighted by atomic mass is 35.5. The fourth-order valence-electron chi connectivity index (χ4n) is 4.88. The number of benzene rings is 3. The van der Waals surface area contributed by atoms with Crippen molar-refractivity contribution in [3.8, 4) is 0 Å². The Hall–Kier alpha value is -3.11. The molecule has 1 aliphatic rings. The molecule has 3 aromatic carbocycles. The summed E-state index contributed by atoms with van der Waals surface area (Å²) in [4.78, 5) is 29.2. The van der Waals surface area contributed by atoms with Gasteiger partial charge in [0.1, 0.15) is 6.04 Å². The number of hydrogen-bond acceptors (Lipinski definition) is 2. The van der Waals surface area contributed by atoms with Crippen LogP contribution in [0.4, 0.5) is 0 Å². The first kappa shape index (κ1) is 26.0. The van der Waals surface area contributed by atoms with Crippen LogP contribution in [0.5, 0.6) is 0 Å². The highest BCUT2D eigenvalue weighted by molar-refractivity contribution is 6.31. The van der Waals surface area contributed by atoms with Gasteiger partial charge >= 0.3 is 0 Å². The Labute approximate surface area is 219 Å². The van der Waals surface area contributed by atoms with Gasteiger partial charge in [-0.1, -0.05) is 103 Å². The van der Waals surface area contributed by atoms with Crippen molar-refractivity contribution in [3.05, 3.63) is 106 Å². The zero-order valence-corrected chi connectivity index (χ0v) is 21.7. The molecule has 0 aliphatic heterocycles. The second-order valence-electron chi connectivity index (χ2n) is 9.79. The van der Waals surface area contributed by atoms with Gasteiger partial charge in [0.15, 0.2) is 0 Å². The third-order valence-electron chi connectivity index (χ3n) is 7.02. The number of nitrogens with one attached hydrogen (secondary N) is 1. The Morgan fingerprint density at radius 1 is 0.917 bits per heavy atom. The fraction of sp³-hybridized carbons (Fsp3) is 0.355. The molecule has 1 fully saturated rings. The van der Waals surface area contributed by atoms with Crippen LogP contribution in [0.2, 0.25) is 5.02 Å². The van der Waals surface area contributed by atoms with Gasteiger partial charge in [-0.25, -0.2) is 0 Å². The molecule has 1 atom stereocenters. The van der Waals surface area contributed by atoms with Crippen LogP contribution in [0, 0.1) is 6.92 Å². The van der Waals surface area contributed by atoms with Crippen LogP contribution in [0.1, 0.15) is 54.4 Å². The molecule has 1 aliphatic carbocycles. The van der Waals surface area contributed by atoms with E-state index in [0.29, 0.717) is 30.8 Å². The van der Waals surface area contributed by atoms with E-state index < -0.39 is 6.04 Å². The van der Waals surface area contributed by atoms with Gasteiger partial charge in [0.05, 0.1) is 0 Å². The molecule has 188 valence electrons. The topological polar surface area (TPSA) is 49.4 Å². The predicted molar refractivity (Wildman–Crippen MR) is 146 cm³/mol. The maximum atomic E-state index is 13.8. The van der Waals surface area contributed by atoms with E-state index in [0.717, 1.165) is 42.4 Å². The van der Waals surface area contributed by atoms with Crippen LogP contribution in [-0.4, -0.2) is 28.8 Å². The van der Waals surface area contributed by atoms with E-state index in [1.54, 1.807) is 4.90 Å². The molecule has 0 spiro atoms. The largest absolute Gasteiger partial charge is 0.352 e. The molecular formula is C31H35ClN2O2. The van der Waals surface area contributed by atoms with Crippen LogP contribution in [0.3, 0.4) is 0 Å². The summed E-state index contributed by atoms with van der Waals surface area (Å²) < 4.78 is 0. The number of carbonyl (C=O) groups is 2. The first-order valence-corrected chi connectivity index (χ1v) is 13.3. The average molecular weight is 503 g/mol. The van der Waals surface area contributed by atoms with Crippen molar-refractivity contribution in [1.29, 1.82) is 0 Å².